The first-order chi connectivity index (χ1) is 10.9. The highest BCUT2D eigenvalue weighted by atomic mass is 35.5. The normalized spacial score (nSPS) is 25.2. The third kappa shape index (κ3) is 2.50. The summed E-state index contributed by atoms with van der Waals surface area (Å²) in [6.07, 6.45) is 2.69. The van der Waals surface area contributed by atoms with Gasteiger partial charge in [0.25, 0.3) is 0 Å². The van der Waals surface area contributed by atoms with Crippen LogP contribution in [0, 0.1) is 5.41 Å². The Hall–Kier alpha value is -1.66. The van der Waals surface area contributed by atoms with Crippen molar-refractivity contribution in [2.75, 3.05) is 5.32 Å². The van der Waals surface area contributed by atoms with Crippen LogP contribution in [0.2, 0.25) is 0 Å². The molecule has 6 nitrogen and oxygen atoms in total. The molecule has 4 rings (SSSR count). The van der Waals surface area contributed by atoms with E-state index in [-0.39, 0.29) is 5.91 Å². The van der Waals surface area contributed by atoms with Crippen molar-refractivity contribution in [3.63, 3.8) is 0 Å². The van der Waals surface area contributed by atoms with Gasteiger partial charge in [-0.1, -0.05) is 0 Å². The molecule has 1 N–H and O–H groups in total. The molecule has 1 aromatic heterocycles. The van der Waals surface area contributed by atoms with Gasteiger partial charge in [-0.05, 0) is 60.9 Å². The van der Waals surface area contributed by atoms with Gasteiger partial charge in [0.2, 0.25) is 5.91 Å². The summed E-state index contributed by atoms with van der Waals surface area (Å²) < 4.78 is 0.886. The lowest BCUT2D eigenvalue weighted by atomic mass is 10.1. The summed E-state index contributed by atoms with van der Waals surface area (Å²) in [5.74, 6) is 0.582. The lowest BCUT2D eigenvalue weighted by Gasteiger charge is -2.13. The third-order valence-corrected chi connectivity index (χ3v) is 5.65. The molecule has 1 aromatic carbocycles. The number of aromatic nitrogens is 4. The van der Waals surface area contributed by atoms with Gasteiger partial charge in [-0.25, -0.2) is 4.68 Å². The van der Waals surface area contributed by atoms with Crippen molar-refractivity contribution in [2.24, 2.45) is 5.41 Å². The molecule has 2 aliphatic rings. The van der Waals surface area contributed by atoms with Crippen LogP contribution in [0.25, 0.3) is 11.4 Å². The molecule has 2 aliphatic carbocycles. The number of tetrazole rings is 1. The Labute approximate surface area is 143 Å². The van der Waals surface area contributed by atoms with Crippen molar-refractivity contribution in [3.8, 4) is 11.4 Å². The minimum Gasteiger partial charge on any atom is -0.326 e. The molecule has 1 atom stereocenters. The van der Waals surface area contributed by atoms with Crippen molar-refractivity contribution in [1.29, 1.82) is 0 Å². The maximum atomic E-state index is 12.3. The predicted molar refractivity (Wildman–Crippen MR) is 87.3 cm³/mol. The maximum absolute atomic E-state index is 12.3. The number of halogens is 2. The zero-order valence-electron chi connectivity index (χ0n) is 12.5. The van der Waals surface area contributed by atoms with Gasteiger partial charge in [0.05, 0.1) is 11.5 Å². The Bertz CT molecular complexity index is 768. The van der Waals surface area contributed by atoms with Gasteiger partial charge in [-0.2, -0.15) is 0 Å². The Morgan fingerprint density at radius 1 is 1.30 bits per heavy atom. The number of hydrogen-bond acceptors (Lipinski definition) is 4. The van der Waals surface area contributed by atoms with E-state index in [9.17, 15) is 4.79 Å². The SMILES string of the molecule is C[C@]1(C(=O)Nc2ccc(-c3nnnn3C3CC3)cc2)CC1(Cl)Cl. The summed E-state index contributed by atoms with van der Waals surface area (Å²) in [6, 6.07) is 7.85. The topological polar surface area (TPSA) is 72.7 Å². The van der Waals surface area contributed by atoms with Gasteiger partial charge in [0.1, 0.15) is 4.33 Å². The van der Waals surface area contributed by atoms with Crippen LogP contribution in [0.15, 0.2) is 24.3 Å². The van der Waals surface area contributed by atoms with Crippen LogP contribution in [0.5, 0.6) is 0 Å². The average molecular weight is 352 g/mol. The fraction of sp³-hybridized carbons (Fsp3) is 0.467. The minimum atomic E-state index is -0.969. The predicted octanol–water partition coefficient (Wildman–Crippen LogP) is 3.20. The minimum absolute atomic E-state index is 0.168. The lowest BCUT2D eigenvalue weighted by molar-refractivity contribution is -0.120. The van der Waals surface area contributed by atoms with Crippen LogP contribution >= 0.6 is 23.2 Å². The van der Waals surface area contributed by atoms with E-state index in [0.29, 0.717) is 18.2 Å². The Balaban J connectivity index is 1.50. The molecule has 0 aliphatic heterocycles. The number of anilines is 1. The second-order valence-corrected chi connectivity index (χ2v) is 7.91. The first-order valence-corrected chi connectivity index (χ1v) is 8.24. The lowest BCUT2D eigenvalue weighted by Crippen LogP contribution is -2.25. The largest absolute Gasteiger partial charge is 0.326 e. The molecular formula is C15H15Cl2N5O. The molecule has 1 heterocycles. The summed E-state index contributed by atoms with van der Waals surface area (Å²) in [7, 11) is 0. The van der Waals surface area contributed by atoms with Gasteiger partial charge in [-0.3, -0.25) is 4.79 Å². The molecule has 8 heteroatoms. The van der Waals surface area contributed by atoms with Gasteiger partial charge >= 0.3 is 0 Å². The second kappa shape index (κ2) is 4.92. The smallest absolute Gasteiger partial charge is 0.233 e. The zero-order chi connectivity index (χ0) is 16.2. The highest BCUT2D eigenvalue weighted by Crippen LogP contribution is 2.64. The van der Waals surface area contributed by atoms with E-state index < -0.39 is 9.75 Å². The van der Waals surface area contributed by atoms with Crippen molar-refractivity contribution in [3.05, 3.63) is 24.3 Å². The van der Waals surface area contributed by atoms with Crippen LogP contribution in [0.4, 0.5) is 5.69 Å². The Morgan fingerprint density at radius 3 is 2.52 bits per heavy atom. The molecule has 120 valence electrons. The fourth-order valence-corrected chi connectivity index (χ4v) is 3.27. The number of hydrogen-bond donors (Lipinski definition) is 1. The van der Waals surface area contributed by atoms with E-state index in [1.807, 2.05) is 28.9 Å². The van der Waals surface area contributed by atoms with E-state index in [1.54, 1.807) is 6.92 Å². The van der Waals surface area contributed by atoms with Crippen molar-refractivity contribution in [1.82, 2.24) is 20.2 Å². The van der Waals surface area contributed by atoms with Crippen LogP contribution in [-0.4, -0.2) is 30.4 Å². The quantitative estimate of drug-likeness (QED) is 0.858. The molecule has 1 amide bonds. The molecule has 2 aromatic rings. The summed E-state index contributed by atoms with van der Waals surface area (Å²) in [6.45, 7) is 1.76. The summed E-state index contributed by atoms with van der Waals surface area (Å²) in [5, 5.41) is 14.7. The van der Waals surface area contributed by atoms with Gasteiger partial charge < -0.3 is 5.32 Å². The van der Waals surface area contributed by atoms with Crippen LogP contribution in [-0.2, 0) is 4.79 Å². The van der Waals surface area contributed by atoms with E-state index in [1.165, 1.54) is 0 Å². The number of benzene rings is 1. The molecule has 0 bridgehead atoms. The maximum Gasteiger partial charge on any atom is 0.233 e. The van der Waals surface area contributed by atoms with Crippen molar-refractivity contribution < 1.29 is 4.79 Å². The third-order valence-electron chi connectivity index (χ3n) is 4.55. The van der Waals surface area contributed by atoms with Crippen LogP contribution in [0.3, 0.4) is 0 Å². The highest BCUT2D eigenvalue weighted by molar-refractivity contribution is 6.53. The summed E-state index contributed by atoms with van der Waals surface area (Å²) in [5.41, 5.74) is 0.883. The molecule has 0 unspecified atom stereocenters. The number of rotatable bonds is 4. The number of amides is 1. The van der Waals surface area contributed by atoms with E-state index in [4.69, 9.17) is 23.2 Å². The Morgan fingerprint density at radius 2 is 1.96 bits per heavy atom. The average Bonchev–Trinajstić information content (AvgIpc) is 3.37. The summed E-state index contributed by atoms with van der Waals surface area (Å²) in [4.78, 5) is 12.3. The molecule has 0 radical (unpaired) electrons. The number of nitrogens with zero attached hydrogens (tertiary/aromatic N) is 4. The van der Waals surface area contributed by atoms with Crippen molar-refractivity contribution >= 4 is 34.8 Å². The molecule has 2 fully saturated rings. The van der Waals surface area contributed by atoms with Crippen molar-refractivity contribution in [2.45, 2.75) is 36.6 Å². The number of alkyl halides is 2. The van der Waals surface area contributed by atoms with E-state index >= 15 is 0 Å². The Kier molecular flexibility index (Phi) is 3.19. The van der Waals surface area contributed by atoms with Gasteiger partial charge in [0.15, 0.2) is 5.82 Å². The highest BCUT2D eigenvalue weighted by Gasteiger charge is 2.67. The standard InChI is InChI=1S/C15H15Cl2N5O/c1-14(8-15(14,16)17)13(23)18-10-4-2-9(3-5-10)12-19-20-21-22(12)11-6-7-11/h2-5,11H,6-8H2,1H3,(H,18,23)/t14-/m1/s1. The van der Waals surface area contributed by atoms with Gasteiger partial charge in [-0.15, -0.1) is 28.3 Å². The van der Waals surface area contributed by atoms with Crippen LogP contribution < -0.4 is 5.32 Å². The zero-order valence-corrected chi connectivity index (χ0v) is 14.0. The van der Waals surface area contributed by atoms with Gasteiger partial charge in [0, 0.05) is 11.3 Å². The second-order valence-electron chi connectivity index (χ2n) is 6.42. The fourth-order valence-electron chi connectivity index (χ4n) is 2.57. The number of nitrogens with one attached hydrogen (secondary N) is 1. The number of carbonyl (C=O) groups is 1. The molecular weight excluding hydrogens is 337 g/mol. The van der Waals surface area contributed by atoms with E-state index in [0.717, 1.165) is 24.2 Å². The molecule has 2 saturated carbocycles. The first-order valence-electron chi connectivity index (χ1n) is 7.48. The first kappa shape index (κ1) is 14.9. The molecule has 0 saturated heterocycles. The number of carbonyl (C=O) groups excluding carboxylic acids is 1. The molecule has 23 heavy (non-hydrogen) atoms. The summed E-state index contributed by atoms with van der Waals surface area (Å²) >= 11 is 12.1. The molecule has 0 spiro atoms. The van der Waals surface area contributed by atoms with Crippen LogP contribution in [0.1, 0.15) is 32.2 Å². The monoisotopic (exact) mass is 351 g/mol. The van der Waals surface area contributed by atoms with E-state index in [2.05, 4.69) is 20.8 Å².